The molecule has 0 bridgehead atoms. The van der Waals surface area contributed by atoms with E-state index in [1.54, 1.807) is 31.5 Å². The topological polar surface area (TPSA) is 103 Å². The Hall–Kier alpha value is -2.39. The highest BCUT2D eigenvalue weighted by Gasteiger charge is 2.11. The van der Waals surface area contributed by atoms with E-state index in [9.17, 15) is 9.59 Å². The zero-order valence-corrected chi connectivity index (χ0v) is 15.2. The standard InChI is InChI=1S/C16H18BrN3O5/c1-23-6-7-24-15-5-2-11(9-19-15)8-18-14(21)10-20-16(22)12-3-4-13(17)25-12/h2-5,9H,6-8,10H2,1H3,(H,18,21)(H,20,22). The third-order valence-corrected chi connectivity index (χ3v) is 3.46. The van der Waals surface area contributed by atoms with E-state index in [-0.39, 0.29) is 18.2 Å². The normalized spacial score (nSPS) is 10.3. The van der Waals surface area contributed by atoms with Crippen molar-refractivity contribution in [3.05, 3.63) is 46.5 Å². The van der Waals surface area contributed by atoms with Crippen LogP contribution in [0.1, 0.15) is 16.1 Å². The largest absolute Gasteiger partial charge is 0.475 e. The summed E-state index contributed by atoms with van der Waals surface area (Å²) in [4.78, 5) is 27.6. The molecular formula is C16H18BrN3O5. The number of pyridine rings is 1. The lowest BCUT2D eigenvalue weighted by molar-refractivity contribution is -0.120. The van der Waals surface area contributed by atoms with Crippen LogP contribution in [-0.2, 0) is 16.1 Å². The number of carbonyl (C=O) groups excluding carboxylic acids is 2. The van der Waals surface area contributed by atoms with Crippen molar-refractivity contribution < 1.29 is 23.5 Å². The second-order valence-electron chi connectivity index (χ2n) is 4.91. The molecule has 2 N–H and O–H groups in total. The molecule has 9 heteroatoms. The molecule has 2 aromatic heterocycles. The maximum Gasteiger partial charge on any atom is 0.287 e. The van der Waals surface area contributed by atoms with Gasteiger partial charge < -0.3 is 24.5 Å². The molecule has 0 aliphatic rings. The van der Waals surface area contributed by atoms with Crippen LogP contribution in [0.3, 0.4) is 0 Å². The van der Waals surface area contributed by atoms with Crippen molar-refractivity contribution in [1.82, 2.24) is 15.6 Å². The molecule has 2 rings (SSSR count). The third kappa shape index (κ3) is 6.55. The lowest BCUT2D eigenvalue weighted by Crippen LogP contribution is -2.36. The zero-order valence-electron chi connectivity index (χ0n) is 13.6. The Labute approximate surface area is 153 Å². The number of halogens is 1. The summed E-state index contributed by atoms with van der Waals surface area (Å²) in [6, 6.07) is 6.63. The van der Waals surface area contributed by atoms with Crippen molar-refractivity contribution in [2.45, 2.75) is 6.54 Å². The summed E-state index contributed by atoms with van der Waals surface area (Å²) in [5.41, 5.74) is 0.814. The number of rotatable bonds is 9. The molecule has 25 heavy (non-hydrogen) atoms. The van der Waals surface area contributed by atoms with Gasteiger partial charge in [-0.1, -0.05) is 6.07 Å². The predicted molar refractivity (Wildman–Crippen MR) is 92.2 cm³/mol. The lowest BCUT2D eigenvalue weighted by Gasteiger charge is -2.07. The first kappa shape index (κ1) is 18.9. The van der Waals surface area contributed by atoms with Crippen LogP contribution >= 0.6 is 15.9 Å². The highest BCUT2D eigenvalue weighted by molar-refractivity contribution is 9.10. The SMILES string of the molecule is COCCOc1ccc(CNC(=O)CNC(=O)c2ccc(Br)o2)cn1. The minimum Gasteiger partial charge on any atom is -0.475 e. The smallest absolute Gasteiger partial charge is 0.287 e. The number of carbonyl (C=O) groups is 2. The third-order valence-electron chi connectivity index (χ3n) is 3.03. The van der Waals surface area contributed by atoms with Gasteiger partial charge in [0.2, 0.25) is 11.8 Å². The molecule has 0 saturated carbocycles. The first-order valence-electron chi connectivity index (χ1n) is 7.45. The van der Waals surface area contributed by atoms with Crippen LogP contribution in [0, 0.1) is 0 Å². The van der Waals surface area contributed by atoms with Crippen LogP contribution < -0.4 is 15.4 Å². The van der Waals surface area contributed by atoms with Crippen LogP contribution in [-0.4, -0.2) is 43.7 Å². The van der Waals surface area contributed by atoms with Crippen LogP contribution in [0.25, 0.3) is 0 Å². The Morgan fingerprint density at radius 2 is 2.04 bits per heavy atom. The molecule has 0 aliphatic carbocycles. The average Bonchev–Trinajstić information content (AvgIpc) is 3.05. The van der Waals surface area contributed by atoms with E-state index in [1.807, 2.05) is 0 Å². The summed E-state index contributed by atoms with van der Waals surface area (Å²) in [7, 11) is 1.60. The lowest BCUT2D eigenvalue weighted by atomic mass is 10.3. The Morgan fingerprint density at radius 1 is 1.20 bits per heavy atom. The van der Waals surface area contributed by atoms with Crippen molar-refractivity contribution in [1.29, 1.82) is 0 Å². The van der Waals surface area contributed by atoms with Gasteiger partial charge >= 0.3 is 0 Å². The number of furan rings is 1. The number of nitrogens with zero attached hydrogens (tertiary/aromatic N) is 1. The van der Waals surface area contributed by atoms with Crippen LogP contribution in [0.15, 0.2) is 39.5 Å². The van der Waals surface area contributed by atoms with Gasteiger partial charge in [-0.3, -0.25) is 9.59 Å². The van der Waals surface area contributed by atoms with Crippen LogP contribution in [0.4, 0.5) is 0 Å². The number of nitrogens with one attached hydrogen (secondary N) is 2. The summed E-state index contributed by atoms with van der Waals surface area (Å²) < 4.78 is 15.8. The van der Waals surface area contributed by atoms with Crippen molar-refractivity contribution in [2.24, 2.45) is 0 Å². The maximum absolute atomic E-state index is 11.8. The Bertz CT molecular complexity index is 702. The fraction of sp³-hybridized carbons (Fsp3) is 0.312. The summed E-state index contributed by atoms with van der Waals surface area (Å²) in [5, 5.41) is 5.16. The average molecular weight is 412 g/mol. The Morgan fingerprint density at radius 3 is 2.68 bits per heavy atom. The number of hydrogen-bond acceptors (Lipinski definition) is 6. The van der Waals surface area contributed by atoms with Crippen molar-refractivity contribution in [3.63, 3.8) is 0 Å². The van der Waals surface area contributed by atoms with E-state index in [0.717, 1.165) is 5.56 Å². The molecule has 2 aromatic rings. The summed E-state index contributed by atoms with van der Waals surface area (Å²) >= 11 is 3.11. The Kier molecular flexibility index (Phi) is 7.42. The molecule has 0 unspecified atom stereocenters. The van der Waals surface area contributed by atoms with Gasteiger partial charge in [-0.25, -0.2) is 4.98 Å². The first-order valence-corrected chi connectivity index (χ1v) is 8.24. The molecule has 0 fully saturated rings. The number of aromatic nitrogens is 1. The number of methoxy groups -OCH3 is 1. The van der Waals surface area contributed by atoms with Gasteiger partial charge in [-0.2, -0.15) is 0 Å². The van der Waals surface area contributed by atoms with Gasteiger partial charge in [-0.05, 0) is 33.6 Å². The van der Waals surface area contributed by atoms with E-state index in [2.05, 4.69) is 31.5 Å². The summed E-state index contributed by atoms with van der Waals surface area (Å²) in [6.07, 6.45) is 1.61. The predicted octanol–water partition coefficient (Wildman–Crippen LogP) is 1.51. The van der Waals surface area contributed by atoms with Crippen molar-refractivity contribution in [2.75, 3.05) is 26.9 Å². The highest BCUT2D eigenvalue weighted by atomic mass is 79.9. The molecule has 0 aromatic carbocycles. The fourth-order valence-corrected chi connectivity index (χ4v) is 2.08. The van der Waals surface area contributed by atoms with Gasteiger partial charge in [0.05, 0.1) is 13.2 Å². The fourth-order valence-electron chi connectivity index (χ4n) is 1.78. The minimum absolute atomic E-state index is 0.132. The zero-order chi connectivity index (χ0) is 18.1. The van der Waals surface area contributed by atoms with Crippen LogP contribution in [0.5, 0.6) is 5.88 Å². The molecular weight excluding hydrogens is 394 g/mol. The molecule has 0 radical (unpaired) electrons. The van der Waals surface area contributed by atoms with Gasteiger partial charge in [0.15, 0.2) is 10.4 Å². The molecule has 0 spiro atoms. The summed E-state index contributed by atoms with van der Waals surface area (Å²) in [5.74, 6) is -0.156. The van der Waals surface area contributed by atoms with E-state index in [4.69, 9.17) is 13.9 Å². The van der Waals surface area contributed by atoms with E-state index in [0.29, 0.717) is 30.3 Å². The highest BCUT2D eigenvalue weighted by Crippen LogP contribution is 2.13. The number of amides is 2. The van der Waals surface area contributed by atoms with Gasteiger partial charge in [0.25, 0.3) is 5.91 Å². The molecule has 8 nitrogen and oxygen atoms in total. The second kappa shape index (κ2) is 9.80. The number of ether oxygens (including phenoxy) is 2. The second-order valence-corrected chi connectivity index (χ2v) is 5.69. The van der Waals surface area contributed by atoms with Gasteiger partial charge in [-0.15, -0.1) is 0 Å². The monoisotopic (exact) mass is 411 g/mol. The molecule has 0 saturated heterocycles. The molecule has 0 aliphatic heterocycles. The van der Waals surface area contributed by atoms with Crippen LogP contribution in [0.2, 0.25) is 0 Å². The maximum atomic E-state index is 11.8. The van der Waals surface area contributed by atoms with E-state index in [1.165, 1.54) is 6.07 Å². The first-order chi connectivity index (χ1) is 12.1. The van der Waals surface area contributed by atoms with E-state index < -0.39 is 5.91 Å². The number of hydrogen-bond donors (Lipinski definition) is 2. The molecule has 2 heterocycles. The van der Waals surface area contributed by atoms with Crippen molar-refractivity contribution in [3.8, 4) is 5.88 Å². The quantitative estimate of drug-likeness (QED) is 0.606. The van der Waals surface area contributed by atoms with E-state index >= 15 is 0 Å². The molecule has 0 atom stereocenters. The minimum atomic E-state index is -0.458. The van der Waals surface area contributed by atoms with Gasteiger partial charge in [0.1, 0.15) is 6.61 Å². The van der Waals surface area contributed by atoms with Gasteiger partial charge in [0, 0.05) is 25.9 Å². The summed E-state index contributed by atoms with van der Waals surface area (Å²) in [6.45, 7) is 1.06. The molecule has 134 valence electrons. The van der Waals surface area contributed by atoms with Crippen molar-refractivity contribution >= 4 is 27.7 Å². The Balaban J connectivity index is 1.69. The molecule has 2 amide bonds.